The first kappa shape index (κ1) is 29.4. The molecule has 0 saturated carbocycles. The van der Waals surface area contributed by atoms with Gasteiger partial charge in [0.2, 0.25) is 5.91 Å². The van der Waals surface area contributed by atoms with Crippen molar-refractivity contribution in [1.29, 1.82) is 0 Å². The third kappa shape index (κ3) is 6.35. The highest BCUT2D eigenvalue weighted by Crippen LogP contribution is 2.32. The zero-order chi connectivity index (χ0) is 29.8. The second-order valence-electron chi connectivity index (χ2n) is 10.3. The van der Waals surface area contributed by atoms with Crippen LogP contribution in [0.4, 0.5) is 19.4 Å². The number of para-hydroxylation sites is 1. The van der Waals surface area contributed by atoms with E-state index in [0.29, 0.717) is 50.6 Å². The predicted octanol–water partition coefficient (Wildman–Crippen LogP) is 4.22. The molecule has 2 atom stereocenters. The molecule has 3 heterocycles. The van der Waals surface area contributed by atoms with E-state index in [4.69, 9.17) is 14.7 Å². The summed E-state index contributed by atoms with van der Waals surface area (Å²) in [7, 11) is 1.57. The number of anilines is 1. The van der Waals surface area contributed by atoms with Gasteiger partial charge in [-0.2, -0.15) is 10.2 Å². The van der Waals surface area contributed by atoms with E-state index in [1.54, 1.807) is 28.7 Å². The van der Waals surface area contributed by atoms with Crippen molar-refractivity contribution in [3.8, 4) is 5.69 Å². The fourth-order valence-electron chi connectivity index (χ4n) is 5.22. The highest BCUT2D eigenvalue weighted by atomic mass is 19.2. The molecule has 0 bridgehead atoms. The summed E-state index contributed by atoms with van der Waals surface area (Å²) in [6.07, 6.45) is 1.90. The summed E-state index contributed by atoms with van der Waals surface area (Å²) in [5, 5.41) is 12.4. The van der Waals surface area contributed by atoms with Crippen LogP contribution in [-0.2, 0) is 14.4 Å². The molecule has 1 saturated heterocycles. The molecule has 2 aromatic carbocycles. The predicted molar refractivity (Wildman–Crippen MR) is 153 cm³/mol. The van der Waals surface area contributed by atoms with Gasteiger partial charge in [0.1, 0.15) is 11.9 Å². The first-order valence-electron chi connectivity index (χ1n) is 13.8. The van der Waals surface area contributed by atoms with Crippen LogP contribution in [0, 0.1) is 18.6 Å². The number of halogens is 2. The van der Waals surface area contributed by atoms with Crippen LogP contribution in [0.1, 0.15) is 36.3 Å². The summed E-state index contributed by atoms with van der Waals surface area (Å²) in [6.45, 7) is 5.66. The lowest BCUT2D eigenvalue weighted by molar-refractivity contribution is -0.154. The zero-order valence-corrected chi connectivity index (χ0v) is 23.8. The van der Waals surface area contributed by atoms with Gasteiger partial charge in [-0.3, -0.25) is 14.9 Å². The number of hydroxylamine groups is 2. The van der Waals surface area contributed by atoms with Crippen LogP contribution in [0.5, 0.6) is 0 Å². The van der Waals surface area contributed by atoms with Gasteiger partial charge in [-0.15, -0.1) is 0 Å². The first-order chi connectivity index (χ1) is 20.2. The fourth-order valence-corrected chi connectivity index (χ4v) is 5.22. The molecule has 3 aromatic rings. The van der Waals surface area contributed by atoms with Gasteiger partial charge in [-0.05, 0) is 48.7 Å². The largest absolute Gasteiger partial charge is 0.383 e. The number of nitrogens with zero attached hydrogens (tertiary/aromatic N) is 4. The van der Waals surface area contributed by atoms with Crippen molar-refractivity contribution in [3.05, 3.63) is 83.1 Å². The number of benzene rings is 2. The highest BCUT2D eigenvalue weighted by molar-refractivity contribution is 5.91. The maximum atomic E-state index is 14.1. The zero-order valence-electron chi connectivity index (χ0n) is 23.8. The van der Waals surface area contributed by atoms with Crippen molar-refractivity contribution >= 4 is 23.3 Å². The van der Waals surface area contributed by atoms with Crippen molar-refractivity contribution in [2.45, 2.75) is 32.4 Å². The number of rotatable bonds is 8. The molecule has 2 aliphatic rings. The molecule has 5 rings (SSSR count). The average molecular weight is 581 g/mol. The Balaban J connectivity index is 1.40. The molecule has 42 heavy (non-hydrogen) atoms. The molecular formula is C30H34F2N6O4. The second kappa shape index (κ2) is 12.8. The number of methoxy groups -OCH3 is 1. The molecule has 0 spiro atoms. The van der Waals surface area contributed by atoms with Gasteiger partial charge < -0.3 is 15.0 Å². The molecule has 1 aromatic heterocycles. The summed E-state index contributed by atoms with van der Waals surface area (Å²) >= 11 is 0. The molecule has 0 radical (unpaired) electrons. The Morgan fingerprint density at radius 2 is 1.93 bits per heavy atom. The molecular weight excluding hydrogens is 546 g/mol. The van der Waals surface area contributed by atoms with E-state index in [1.807, 2.05) is 43.3 Å². The molecule has 2 aliphatic heterocycles. The van der Waals surface area contributed by atoms with Crippen LogP contribution in [-0.4, -0.2) is 77.6 Å². The Kier molecular flexibility index (Phi) is 8.95. The fraction of sp³-hybridized carbons (Fsp3) is 0.367. The molecule has 3 amide bonds. The van der Waals surface area contributed by atoms with Gasteiger partial charge in [-0.25, -0.2) is 18.3 Å². The Labute approximate surface area is 242 Å². The molecule has 0 unspecified atom stereocenters. The van der Waals surface area contributed by atoms with Crippen LogP contribution in [0.2, 0.25) is 0 Å². The second-order valence-corrected chi connectivity index (χ2v) is 10.3. The third-order valence-corrected chi connectivity index (χ3v) is 7.48. The normalized spacial score (nSPS) is 19.1. The number of nitrogens with one attached hydrogen (secondary N) is 2. The molecule has 1 fully saturated rings. The van der Waals surface area contributed by atoms with Crippen LogP contribution in [0.3, 0.4) is 0 Å². The number of hydrogen-bond acceptors (Lipinski definition) is 6. The van der Waals surface area contributed by atoms with E-state index in [9.17, 15) is 18.4 Å². The summed E-state index contributed by atoms with van der Waals surface area (Å²) in [4.78, 5) is 33.0. The lowest BCUT2D eigenvalue weighted by Gasteiger charge is -2.24. The maximum absolute atomic E-state index is 14.1. The van der Waals surface area contributed by atoms with Crippen LogP contribution in [0.15, 0.2) is 54.6 Å². The van der Waals surface area contributed by atoms with E-state index in [1.165, 1.54) is 6.07 Å². The Bertz CT molecular complexity index is 1480. The average Bonchev–Trinajstić information content (AvgIpc) is 3.54. The Morgan fingerprint density at radius 1 is 1.14 bits per heavy atom. The maximum Gasteiger partial charge on any atom is 0.320 e. The van der Waals surface area contributed by atoms with E-state index in [2.05, 4.69) is 10.6 Å². The van der Waals surface area contributed by atoms with Gasteiger partial charge in [0, 0.05) is 45.8 Å². The minimum absolute atomic E-state index is 0.0224. The molecule has 12 heteroatoms. The van der Waals surface area contributed by atoms with Gasteiger partial charge in [0.05, 0.1) is 24.0 Å². The van der Waals surface area contributed by atoms with Crippen molar-refractivity contribution < 1.29 is 27.9 Å². The number of ether oxygens (including phenoxy) is 1. The minimum atomic E-state index is -0.993. The number of aromatic nitrogens is 2. The summed E-state index contributed by atoms with van der Waals surface area (Å²) < 4.78 is 34.5. The SMILES string of the molecule is COCCN1C[C@@H](NC(=O)Nc2c(C)c(C3=CCN(C(C)=O)CC3)nn2-c2ccccc2)[C@H](c2ccc(F)c(F)c2)O1. The Morgan fingerprint density at radius 3 is 2.60 bits per heavy atom. The van der Waals surface area contributed by atoms with Crippen molar-refractivity contribution in [2.24, 2.45) is 0 Å². The van der Waals surface area contributed by atoms with Crippen molar-refractivity contribution in [3.63, 3.8) is 0 Å². The van der Waals surface area contributed by atoms with Crippen molar-refractivity contribution in [1.82, 2.24) is 25.1 Å². The van der Waals surface area contributed by atoms with Crippen LogP contribution >= 0.6 is 0 Å². The van der Waals surface area contributed by atoms with E-state index >= 15 is 0 Å². The van der Waals surface area contributed by atoms with Crippen LogP contribution in [0.25, 0.3) is 11.3 Å². The summed E-state index contributed by atoms with van der Waals surface area (Å²) in [5.74, 6) is -1.44. The highest BCUT2D eigenvalue weighted by Gasteiger charge is 2.37. The number of hydrogen-bond donors (Lipinski definition) is 2. The molecule has 10 nitrogen and oxygen atoms in total. The van der Waals surface area contributed by atoms with Crippen LogP contribution < -0.4 is 10.6 Å². The lowest BCUT2D eigenvalue weighted by atomic mass is 10.0. The quantitative estimate of drug-likeness (QED) is 0.414. The van der Waals surface area contributed by atoms with Gasteiger partial charge in [0.15, 0.2) is 11.6 Å². The standard InChI is InChI=1S/C30H34F2N6O4/c1-19-27(21-11-13-36(14-12-21)20(2)39)35-38(23-7-5-4-6-8-23)29(19)34-30(40)33-26-18-37(15-16-41-3)42-28(26)22-9-10-24(31)25(32)17-22/h4-11,17,26,28H,12-16,18H2,1-3H3,(H2,33,34,40)/t26-,28+/m1/s1. The van der Waals surface area contributed by atoms with Gasteiger partial charge in [-0.1, -0.05) is 30.3 Å². The van der Waals surface area contributed by atoms with Gasteiger partial charge in [0.25, 0.3) is 0 Å². The lowest BCUT2D eigenvalue weighted by Crippen LogP contribution is -2.42. The van der Waals surface area contributed by atoms with Crippen molar-refractivity contribution in [2.75, 3.05) is 45.2 Å². The van der Waals surface area contributed by atoms with E-state index in [-0.39, 0.29) is 5.91 Å². The topological polar surface area (TPSA) is 101 Å². The Hall–Kier alpha value is -4.13. The smallest absolute Gasteiger partial charge is 0.320 e. The van der Waals surface area contributed by atoms with E-state index in [0.717, 1.165) is 34.7 Å². The summed E-state index contributed by atoms with van der Waals surface area (Å²) in [5.41, 5.74) is 3.68. The summed E-state index contributed by atoms with van der Waals surface area (Å²) in [6, 6.07) is 12.0. The number of carbonyl (C=O) groups excluding carboxylic acids is 2. The first-order valence-corrected chi connectivity index (χ1v) is 13.8. The molecule has 0 aliphatic carbocycles. The van der Waals surface area contributed by atoms with E-state index < -0.39 is 29.8 Å². The third-order valence-electron chi connectivity index (χ3n) is 7.48. The van der Waals surface area contributed by atoms with Gasteiger partial charge >= 0.3 is 6.03 Å². The molecule has 222 valence electrons. The minimum Gasteiger partial charge on any atom is -0.383 e. The number of amides is 3. The number of urea groups is 1. The molecule has 2 N–H and O–H groups in total. The number of carbonyl (C=O) groups is 2. The monoisotopic (exact) mass is 580 g/mol.